The summed E-state index contributed by atoms with van der Waals surface area (Å²) in [7, 11) is 4.01. The molecule has 64 valence electrons. The first kappa shape index (κ1) is 13.1. The fourth-order valence-electron chi connectivity index (χ4n) is 0.258. The Morgan fingerprint density at radius 2 is 1.70 bits per heavy atom. The van der Waals surface area contributed by atoms with Gasteiger partial charge in [0.2, 0.25) is 0 Å². The number of nitrogens with zero attached hydrogens (tertiary/aromatic N) is 1. The van der Waals surface area contributed by atoms with E-state index in [1.165, 1.54) is 0 Å². The molecule has 0 radical (unpaired) electrons. The SMILES string of the molecule is CC(Cl)Cl.CN(C)CCN. The molecule has 2 N–H and O–H groups in total. The van der Waals surface area contributed by atoms with Crippen LogP contribution in [0, 0.1) is 0 Å². The van der Waals surface area contributed by atoms with Crippen molar-refractivity contribution in [3.05, 3.63) is 0 Å². The first-order valence-corrected chi connectivity index (χ1v) is 4.01. The highest BCUT2D eigenvalue weighted by molar-refractivity contribution is 6.43. The van der Waals surface area contributed by atoms with E-state index in [1.54, 1.807) is 6.92 Å². The molecule has 0 aliphatic heterocycles. The van der Waals surface area contributed by atoms with E-state index in [9.17, 15) is 0 Å². The van der Waals surface area contributed by atoms with Crippen molar-refractivity contribution in [3.8, 4) is 0 Å². The molecule has 0 unspecified atom stereocenters. The van der Waals surface area contributed by atoms with E-state index in [0.29, 0.717) is 0 Å². The van der Waals surface area contributed by atoms with Crippen molar-refractivity contribution in [1.29, 1.82) is 0 Å². The fourth-order valence-corrected chi connectivity index (χ4v) is 0.258. The van der Waals surface area contributed by atoms with E-state index in [2.05, 4.69) is 4.90 Å². The predicted octanol–water partition coefficient (Wildman–Crippen LogP) is 1.32. The van der Waals surface area contributed by atoms with Crippen molar-refractivity contribution in [2.24, 2.45) is 5.73 Å². The van der Waals surface area contributed by atoms with E-state index in [1.807, 2.05) is 14.1 Å². The highest BCUT2D eigenvalue weighted by atomic mass is 35.5. The van der Waals surface area contributed by atoms with Crippen LogP contribution in [0.1, 0.15) is 6.92 Å². The minimum Gasteiger partial charge on any atom is -0.329 e. The van der Waals surface area contributed by atoms with Crippen LogP contribution in [-0.4, -0.2) is 36.9 Å². The first-order valence-electron chi connectivity index (χ1n) is 3.13. The molecule has 0 saturated carbocycles. The van der Waals surface area contributed by atoms with Crippen LogP contribution in [0.5, 0.6) is 0 Å². The van der Waals surface area contributed by atoms with Gasteiger partial charge in [-0.1, -0.05) is 0 Å². The third kappa shape index (κ3) is 39.0. The van der Waals surface area contributed by atoms with Crippen molar-refractivity contribution < 1.29 is 0 Å². The number of likely N-dealkylation sites (N-methyl/N-ethyl adjacent to an activating group) is 1. The van der Waals surface area contributed by atoms with Crippen LogP contribution in [0.3, 0.4) is 0 Å². The second-order valence-electron chi connectivity index (χ2n) is 2.11. The minimum absolute atomic E-state index is 0.222. The summed E-state index contributed by atoms with van der Waals surface area (Å²) in [5.41, 5.74) is 5.19. The Hall–Kier alpha value is 0.500. The summed E-state index contributed by atoms with van der Waals surface area (Å²) in [6, 6.07) is 0. The zero-order chi connectivity index (χ0) is 8.57. The fraction of sp³-hybridized carbons (Fsp3) is 1.00. The zero-order valence-corrected chi connectivity index (χ0v) is 8.28. The Balaban J connectivity index is 0. The minimum atomic E-state index is -0.222. The number of hydrogen-bond acceptors (Lipinski definition) is 2. The van der Waals surface area contributed by atoms with Gasteiger partial charge >= 0.3 is 0 Å². The van der Waals surface area contributed by atoms with Crippen LogP contribution in [0.25, 0.3) is 0 Å². The molecule has 0 aliphatic rings. The van der Waals surface area contributed by atoms with Gasteiger partial charge in [0.1, 0.15) is 4.84 Å². The van der Waals surface area contributed by atoms with Crippen molar-refractivity contribution in [2.75, 3.05) is 27.2 Å². The predicted molar refractivity (Wildman–Crippen MR) is 48.8 cm³/mol. The number of hydrogen-bond donors (Lipinski definition) is 1. The van der Waals surface area contributed by atoms with E-state index in [0.717, 1.165) is 13.1 Å². The molecule has 0 atom stereocenters. The first-order chi connectivity index (χ1) is 4.50. The molecule has 0 bridgehead atoms. The molecule has 0 heterocycles. The summed E-state index contributed by atoms with van der Waals surface area (Å²) < 4.78 is 0. The second-order valence-corrected chi connectivity index (χ2v) is 3.64. The van der Waals surface area contributed by atoms with Crippen molar-refractivity contribution >= 4 is 23.2 Å². The molecule has 10 heavy (non-hydrogen) atoms. The molecule has 0 fully saturated rings. The van der Waals surface area contributed by atoms with Gasteiger partial charge in [0, 0.05) is 13.1 Å². The Bertz CT molecular complexity index is 55.0. The van der Waals surface area contributed by atoms with Crippen molar-refractivity contribution in [3.63, 3.8) is 0 Å². The number of rotatable bonds is 2. The lowest BCUT2D eigenvalue weighted by molar-refractivity contribution is 0.420. The Morgan fingerprint density at radius 3 is 1.70 bits per heavy atom. The summed E-state index contributed by atoms with van der Waals surface area (Å²) in [5, 5.41) is 0. The van der Waals surface area contributed by atoms with Gasteiger partial charge in [0.05, 0.1) is 0 Å². The van der Waals surface area contributed by atoms with E-state index in [4.69, 9.17) is 28.9 Å². The highest BCUT2D eigenvalue weighted by Crippen LogP contribution is 1.95. The lowest BCUT2D eigenvalue weighted by Crippen LogP contribution is -2.20. The Labute approximate surface area is 73.3 Å². The van der Waals surface area contributed by atoms with Crippen LogP contribution in [0.4, 0.5) is 0 Å². The van der Waals surface area contributed by atoms with E-state index >= 15 is 0 Å². The average Bonchev–Trinajstić information content (AvgIpc) is 1.62. The molecule has 0 aliphatic carbocycles. The molecular formula is C6H16Cl2N2. The van der Waals surface area contributed by atoms with Gasteiger partial charge in [-0.05, 0) is 21.0 Å². The average molecular weight is 187 g/mol. The maximum Gasteiger partial charge on any atom is 0.105 e. The summed E-state index contributed by atoms with van der Waals surface area (Å²) >= 11 is 10.1. The molecule has 2 nitrogen and oxygen atoms in total. The third-order valence-electron chi connectivity index (χ3n) is 0.576. The number of nitrogens with two attached hydrogens (primary N) is 1. The summed E-state index contributed by atoms with van der Waals surface area (Å²) in [6.45, 7) is 3.44. The molecule has 0 rings (SSSR count). The Kier molecular flexibility index (Phi) is 12.5. The van der Waals surface area contributed by atoms with Gasteiger partial charge in [-0.15, -0.1) is 23.2 Å². The quantitative estimate of drug-likeness (QED) is 0.660. The van der Waals surface area contributed by atoms with Crippen LogP contribution in [0.15, 0.2) is 0 Å². The molecule has 0 spiro atoms. The summed E-state index contributed by atoms with van der Waals surface area (Å²) in [6.07, 6.45) is 0. The van der Waals surface area contributed by atoms with Gasteiger partial charge in [-0.25, -0.2) is 0 Å². The Morgan fingerprint density at radius 1 is 1.40 bits per heavy atom. The standard InChI is InChI=1S/C4H12N2.C2H4Cl2/c1-6(2)4-3-5;1-2(3)4/h3-5H2,1-2H3;2H,1H3. The molecule has 0 aromatic heterocycles. The molecular weight excluding hydrogens is 171 g/mol. The molecule has 0 saturated heterocycles. The topological polar surface area (TPSA) is 29.3 Å². The lowest BCUT2D eigenvalue weighted by atomic mass is 10.6. The lowest BCUT2D eigenvalue weighted by Gasteiger charge is -2.03. The highest BCUT2D eigenvalue weighted by Gasteiger charge is 1.79. The number of halogens is 2. The van der Waals surface area contributed by atoms with Crippen LogP contribution >= 0.6 is 23.2 Å². The van der Waals surface area contributed by atoms with E-state index < -0.39 is 0 Å². The van der Waals surface area contributed by atoms with Gasteiger partial charge in [0.25, 0.3) is 0 Å². The second kappa shape index (κ2) is 9.50. The maximum absolute atomic E-state index is 5.19. The van der Waals surface area contributed by atoms with Gasteiger partial charge in [0.15, 0.2) is 0 Å². The summed E-state index contributed by atoms with van der Waals surface area (Å²) in [4.78, 5) is 1.83. The van der Waals surface area contributed by atoms with Gasteiger partial charge in [-0.2, -0.15) is 0 Å². The van der Waals surface area contributed by atoms with Gasteiger partial charge in [-0.3, -0.25) is 0 Å². The van der Waals surface area contributed by atoms with Crippen molar-refractivity contribution in [2.45, 2.75) is 11.8 Å². The van der Waals surface area contributed by atoms with Crippen LogP contribution in [-0.2, 0) is 0 Å². The summed E-state index contributed by atoms with van der Waals surface area (Å²) in [5.74, 6) is 0. The normalized spacial score (nSPS) is 9.60. The third-order valence-corrected chi connectivity index (χ3v) is 0.576. The van der Waals surface area contributed by atoms with Gasteiger partial charge < -0.3 is 10.6 Å². The molecule has 0 aromatic rings. The van der Waals surface area contributed by atoms with E-state index in [-0.39, 0.29) is 4.84 Å². The van der Waals surface area contributed by atoms with Crippen LogP contribution < -0.4 is 5.73 Å². The molecule has 0 amide bonds. The zero-order valence-electron chi connectivity index (χ0n) is 6.77. The smallest absolute Gasteiger partial charge is 0.105 e. The maximum atomic E-state index is 5.19. The number of alkyl halides is 2. The van der Waals surface area contributed by atoms with Crippen LogP contribution in [0.2, 0.25) is 0 Å². The largest absolute Gasteiger partial charge is 0.329 e. The van der Waals surface area contributed by atoms with Crippen molar-refractivity contribution in [1.82, 2.24) is 4.90 Å². The monoisotopic (exact) mass is 186 g/mol. The molecule has 0 aromatic carbocycles. The molecule has 4 heteroatoms.